The third-order valence-electron chi connectivity index (χ3n) is 2.91. The van der Waals surface area contributed by atoms with Gasteiger partial charge in [-0.05, 0) is 0 Å². The van der Waals surface area contributed by atoms with Gasteiger partial charge in [-0.2, -0.15) is 5.10 Å². The molecule has 2 aromatic heterocycles. The SMILES string of the molecule is NNC(=O)c1n[nH]c(=O)c2nc(-c3ccccc3)ncc12. The monoisotopic (exact) mass is 282 g/mol. The topological polar surface area (TPSA) is 127 Å². The molecule has 0 aliphatic rings. The molecule has 0 bridgehead atoms. The first-order valence-corrected chi connectivity index (χ1v) is 6.02. The van der Waals surface area contributed by atoms with Gasteiger partial charge in [-0.1, -0.05) is 30.3 Å². The van der Waals surface area contributed by atoms with Gasteiger partial charge in [0.15, 0.2) is 11.5 Å². The van der Waals surface area contributed by atoms with E-state index in [-0.39, 0.29) is 16.6 Å². The van der Waals surface area contributed by atoms with Crippen molar-refractivity contribution in [1.82, 2.24) is 25.6 Å². The molecule has 3 aromatic rings. The summed E-state index contributed by atoms with van der Waals surface area (Å²) in [4.78, 5) is 31.8. The van der Waals surface area contributed by atoms with Gasteiger partial charge >= 0.3 is 0 Å². The van der Waals surface area contributed by atoms with Crippen molar-refractivity contribution in [3.8, 4) is 11.4 Å². The third-order valence-corrected chi connectivity index (χ3v) is 2.91. The van der Waals surface area contributed by atoms with Crippen molar-refractivity contribution < 1.29 is 4.79 Å². The molecule has 8 nitrogen and oxygen atoms in total. The van der Waals surface area contributed by atoms with Crippen molar-refractivity contribution in [1.29, 1.82) is 0 Å². The highest BCUT2D eigenvalue weighted by Gasteiger charge is 2.15. The number of aromatic amines is 1. The van der Waals surface area contributed by atoms with Crippen LogP contribution >= 0.6 is 0 Å². The van der Waals surface area contributed by atoms with Crippen LogP contribution in [0, 0.1) is 0 Å². The summed E-state index contributed by atoms with van der Waals surface area (Å²) in [5, 5.41) is 6.13. The van der Waals surface area contributed by atoms with E-state index in [1.807, 2.05) is 35.8 Å². The Hall–Kier alpha value is -3.13. The molecule has 8 heteroatoms. The van der Waals surface area contributed by atoms with Crippen LogP contribution in [0.5, 0.6) is 0 Å². The Morgan fingerprint density at radius 1 is 1.24 bits per heavy atom. The second-order valence-corrected chi connectivity index (χ2v) is 4.20. The molecular formula is C13H10N6O2. The first kappa shape index (κ1) is 12.9. The van der Waals surface area contributed by atoms with Crippen LogP contribution in [0.2, 0.25) is 0 Å². The van der Waals surface area contributed by atoms with Crippen LogP contribution in [0.25, 0.3) is 22.3 Å². The molecule has 0 atom stereocenters. The first-order chi connectivity index (χ1) is 10.2. The normalized spacial score (nSPS) is 10.5. The van der Waals surface area contributed by atoms with Gasteiger partial charge in [0.05, 0.1) is 5.39 Å². The predicted octanol–water partition coefficient (Wildman–Crippen LogP) is -0.0164. The van der Waals surface area contributed by atoms with Gasteiger partial charge in [-0.3, -0.25) is 15.0 Å². The number of hydrogen-bond acceptors (Lipinski definition) is 6. The Morgan fingerprint density at radius 3 is 2.71 bits per heavy atom. The molecular weight excluding hydrogens is 272 g/mol. The highest BCUT2D eigenvalue weighted by atomic mass is 16.2. The van der Waals surface area contributed by atoms with Gasteiger partial charge in [0.1, 0.15) is 5.52 Å². The van der Waals surface area contributed by atoms with Crippen LogP contribution in [0.4, 0.5) is 0 Å². The Balaban J connectivity index is 2.25. The minimum Gasteiger partial charge on any atom is -0.289 e. The zero-order valence-electron chi connectivity index (χ0n) is 10.7. The fraction of sp³-hybridized carbons (Fsp3) is 0. The van der Waals surface area contributed by atoms with Crippen LogP contribution in [0.1, 0.15) is 10.5 Å². The number of benzene rings is 1. The summed E-state index contributed by atoms with van der Waals surface area (Å²) in [6.07, 6.45) is 1.39. The van der Waals surface area contributed by atoms with E-state index >= 15 is 0 Å². The van der Waals surface area contributed by atoms with E-state index in [1.54, 1.807) is 0 Å². The number of carbonyl (C=O) groups is 1. The number of nitrogens with one attached hydrogen (secondary N) is 2. The maximum atomic E-state index is 11.9. The third kappa shape index (κ3) is 2.23. The Morgan fingerprint density at radius 2 is 2.00 bits per heavy atom. The Bertz CT molecular complexity index is 875. The molecule has 0 saturated heterocycles. The lowest BCUT2D eigenvalue weighted by molar-refractivity contribution is 0.0949. The number of hydrazine groups is 1. The zero-order chi connectivity index (χ0) is 14.8. The largest absolute Gasteiger partial charge is 0.290 e. The molecule has 2 heterocycles. The molecule has 0 aliphatic carbocycles. The molecule has 0 fully saturated rings. The lowest BCUT2D eigenvalue weighted by Crippen LogP contribution is -2.32. The van der Waals surface area contributed by atoms with Crippen LogP contribution in [0.15, 0.2) is 41.3 Å². The van der Waals surface area contributed by atoms with Crippen molar-refractivity contribution in [2.75, 3.05) is 0 Å². The van der Waals surface area contributed by atoms with Crippen molar-refractivity contribution >= 4 is 16.8 Å². The van der Waals surface area contributed by atoms with E-state index in [4.69, 9.17) is 5.84 Å². The quantitative estimate of drug-likeness (QED) is 0.344. The van der Waals surface area contributed by atoms with Crippen LogP contribution in [-0.4, -0.2) is 26.1 Å². The smallest absolute Gasteiger partial charge is 0.289 e. The number of fused-ring (bicyclic) bond motifs is 1. The highest BCUT2D eigenvalue weighted by Crippen LogP contribution is 2.17. The maximum Gasteiger partial charge on any atom is 0.290 e. The summed E-state index contributed by atoms with van der Waals surface area (Å²) in [5.41, 5.74) is 2.27. The van der Waals surface area contributed by atoms with Crippen molar-refractivity contribution in [2.24, 2.45) is 5.84 Å². The van der Waals surface area contributed by atoms with Gasteiger partial charge < -0.3 is 0 Å². The fourth-order valence-electron chi connectivity index (χ4n) is 1.92. The first-order valence-electron chi connectivity index (χ1n) is 6.02. The van der Waals surface area contributed by atoms with Crippen LogP contribution in [-0.2, 0) is 0 Å². The molecule has 4 N–H and O–H groups in total. The van der Waals surface area contributed by atoms with Crippen molar-refractivity contribution in [3.63, 3.8) is 0 Å². The Labute approximate surface area is 118 Å². The molecule has 0 saturated carbocycles. The minimum atomic E-state index is -0.632. The Kier molecular flexibility index (Phi) is 3.13. The van der Waals surface area contributed by atoms with E-state index in [9.17, 15) is 9.59 Å². The molecule has 21 heavy (non-hydrogen) atoms. The number of nitrogen functional groups attached to an aromatic ring is 1. The number of H-pyrrole nitrogens is 1. The van der Waals surface area contributed by atoms with Gasteiger partial charge in [0, 0.05) is 11.8 Å². The lowest BCUT2D eigenvalue weighted by atomic mass is 10.2. The minimum absolute atomic E-state index is 0.0355. The number of hydrogen-bond donors (Lipinski definition) is 3. The van der Waals surface area contributed by atoms with E-state index in [1.165, 1.54) is 6.20 Å². The van der Waals surface area contributed by atoms with Crippen LogP contribution in [0.3, 0.4) is 0 Å². The number of aromatic nitrogens is 4. The summed E-state index contributed by atoms with van der Waals surface area (Å²) >= 11 is 0. The summed E-state index contributed by atoms with van der Waals surface area (Å²) in [6.45, 7) is 0. The van der Waals surface area contributed by atoms with Crippen molar-refractivity contribution in [2.45, 2.75) is 0 Å². The maximum absolute atomic E-state index is 11.9. The van der Waals surface area contributed by atoms with Gasteiger partial charge in [-0.15, -0.1) is 0 Å². The summed E-state index contributed by atoms with van der Waals surface area (Å²) < 4.78 is 0. The van der Waals surface area contributed by atoms with Crippen LogP contribution < -0.4 is 16.8 Å². The number of rotatable bonds is 2. The standard InChI is InChI=1S/C13H10N6O2/c14-17-12(20)10-8-6-15-11(7-4-2-1-3-5-7)16-9(8)13(21)19-18-10/h1-6H,14H2,(H,17,20)(H,19,21). The average molecular weight is 282 g/mol. The second kappa shape index (κ2) is 5.10. The molecule has 3 rings (SSSR count). The van der Waals surface area contributed by atoms with Gasteiger partial charge in [0.2, 0.25) is 0 Å². The average Bonchev–Trinajstić information content (AvgIpc) is 2.55. The number of nitrogens with zero attached hydrogens (tertiary/aromatic N) is 3. The predicted molar refractivity (Wildman–Crippen MR) is 75.0 cm³/mol. The van der Waals surface area contributed by atoms with E-state index in [2.05, 4.69) is 20.2 Å². The summed E-state index contributed by atoms with van der Waals surface area (Å²) in [5.74, 6) is 4.84. The molecule has 0 radical (unpaired) electrons. The fourth-order valence-corrected chi connectivity index (χ4v) is 1.92. The molecule has 104 valence electrons. The van der Waals surface area contributed by atoms with Crippen molar-refractivity contribution in [3.05, 3.63) is 52.6 Å². The molecule has 1 amide bonds. The molecule has 0 unspecified atom stereocenters. The number of carbonyl (C=O) groups excluding carboxylic acids is 1. The van der Waals surface area contributed by atoms with E-state index in [0.29, 0.717) is 5.82 Å². The summed E-state index contributed by atoms with van der Waals surface area (Å²) in [7, 11) is 0. The lowest BCUT2D eigenvalue weighted by Gasteiger charge is -2.04. The molecule has 0 spiro atoms. The second-order valence-electron chi connectivity index (χ2n) is 4.20. The van der Waals surface area contributed by atoms with E-state index in [0.717, 1.165) is 5.56 Å². The van der Waals surface area contributed by atoms with E-state index < -0.39 is 11.5 Å². The molecule has 1 aromatic carbocycles. The highest BCUT2D eigenvalue weighted by molar-refractivity contribution is 6.03. The molecule has 0 aliphatic heterocycles. The zero-order valence-corrected chi connectivity index (χ0v) is 10.7. The summed E-state index contributed by atoms with van der Waals surface area (Å²) in [6, 6.07) is 9.19. The van der Waals surface area contributed by atoms with Gasteiger partial charge in [0.25, 0.3) is 11.5 Å². The van der Waals surface area contributed by atoms with Gasteiger partial charge in [-0.25, -0.2) is 20.9 Å². The number of amides is 1. The number of nitrogens with two attached hydrogens (primary N) is 1.